The lowest BCUT2D eigenvalue weighted by Gasteiger charge is -2.08. The van der Waals surface area contributed by atoms with E-state index >= 15 is 0 Å². The van der Waals surface area contributed by atoms with Crippen LogP contribution >= 0.6 is 23.4 Å². The predicted octanol–water partition coefficient (Wildman–Crippen LogP) is 4.45. The lowest BCUT2D eigenvalue weighted by Crippen LogP contribution is -2.19. The molecule has 0 aromatic heterocycles. The fraction of sp³-hybridized carbons (Fsp3) is 0.263. The number of nitrogens with zero attached hydrogens (tertiary/aromatic N) is 1. The molecule has 0 saturated carbocycles. The van der Waals surface area contributed by atoms with Gasteiger partial charge in [-0.05, 0) is 60.6 Å². The molecule has 4 nitrogen and oxygen atoms in total. The minimum Gasteiger partial charge on any atom is -0.489 e. The summed E-state index contributed by atoms with van der Waals surface area (Å²) in [5.74, 6) is 2.57. The Morgan fingerprint density at radius 2 is 2.08 bits per heavy atom. The van der Waals surface area contributed by atoms with Gasteiger partial charge in [0.1, 0.15) is 12.4 Å². The molecule has 0 unspecified atom stereocenters. The molecule has 1 fully saturated rings. The lowest BCUT2D eigenvalue weighted by molar-refractivity contribution is 0.0954. The molecule has 0 bridgehead atoms. The van der Waals surface area contributed by atoms with E-state index in [0.29, 0.717) is 12.2 Å². The third-order valence-corrected chi connectivity index (χ3v) is 5.32. The zero-order valence-electron chi connectivity index (χ0n) is 13.9. The van der Waals surface area contributed by atoms with Crippen molar-refractivity contribution in [2.24, 2.45) is 5.10 Å². The van der Waals surface area contributed by atoms with Gasteiger partial charge in [0.05, 0.1) is 0 Å². The second-order valence-electron chi connectivity index (χ2n) is 5.82. The van der Waals surface area contributed by atoms with Crippen LogP contribution in [-0.2, 0) is 6.61 Å². The molecule has 0 atom stereocenters. The van der Waals surface area contributed by atoms with Gasteiger partial charge in [-0.2, -0.15) is 16.9 Å². The number of ether oxygens (including phenoxy) is 1. The molecule has 1 heterocycles. The number of thioether (sulfide) groups is 1. The van der Waals surface area contributed by atoms with Gasteiger partial charge < -0.3 is 4.74 Å². The first-order valence-corrected chi connectivity index (χ1v) is 9.56. The number of aryl methyl sites for hydroxylation is 1. The molecule has 1 aliphatic heterocycles. The first-order chi connectivity index (χ1) is 12.1. The van der Waals surface area contributed by atoms with E-state index in [1.54, 1.807) is 12.1 Å². The van der Waals surface area contributed by atoms with E-state index in [4.69, 9.17) is 16.3 Å². The topological polar surface area (TPSA) is 50.7 Å². The van der Waals surface area contributed by atoms with Gasteiger partial charge in [-0.1, -0.05) is 23.7 Å². The monoisotopic (exact) mass is 374 g/mol. The Bertz CT molecular complexity index is 783. The highest BCUT2D eigenvalue weighted by Crippen LogP contribution is 2.22. The normalized spacial score (nSPS) is 15.4. The molecule has 1 saturated heterocycles. The summed E-state index contributed by atoms with van der Waals surface area (Å²) in [4.78, 5) is 12.1. The average molecular weight is 375 g/mol. The van der Waals surface area contributed by atoms with Crippen molar-refractivity contribution in [2.75, 3.05) is 11.5 Å². The molecular formula is C19H19ClN2O2S. The number of carbonyl (C=O) groups excluding carboxylic acids is 1. The third-order valence-electron chi connectivity index (χ3n) is 3.87. The van der Waals surface area contributed by atoms with E-state index in [0.717, 1.165) is 45.5 Å². The molecule has 2 aromatic carbocycles. The van der Waals surface area contributed by atoms with Gasteiger partial charge in [-0.3, -0.25) is 4.79 Å². The zero-order chi connectivity index (χ0) is 17.6. The minimum absolute atomic E-state index is 0.190. The number of hydrazone groups is 1. The molecule has 1 N–H and O–H groups in total. The van der Waals surface area contributed by atoms with Crippen molar-refractivity contribution in [1.82, 2.24) is 5.43 Å². The number of halogens is 1. The molecule has 0 aliphatic carbocycles. The van der Waals surface area contributed by atoms with Crippen molar-refractivity contribution in [2.45, 2.75) is 20.0 Å². The van der Waals surface area contributed by atoms with Crippen LogP contribution in [0.3, 0.4) is 0 Å². The lowest BCUT2D eigenvalue weighted by atomic mass is 10.1. The summed E-state index contributed by atoms with van der Waals surface area (Å²) < 4.78 is 5.76. The molecule has 1 aliphatic rings. The Balaban J connectivity index is 1.55. The fourth-order valence-electron chi connectivity index (χ4n) is 2.36. The molecule has 130 valence electrons. The summed E-state index contributed by atoms with van der Waals surface area (Å²) in [5, 5.41) is 4.90. The van der Waals surface area contributed by atoms with Crippen LogP contribution in [0.15, 0.2) is 47.6 Å². The standard InChI is InChI=1S/C19H19ClN2O2S/c1-13-10-17(6-7-18(13)20)24-11-14-2-4-15(5-3-14)19(23)22-21-16-8-9-25-12-16/h2-7,10H,8-9,11-12H2,1H3,(H,22,23)/b21-16+. The third kappa shape index (κ3) is 5.00. The Morgan fingerprint density at radius 3 is 2.76 bits per heavy atom. The van der Waals surface area contributed by atoms with Gasteiger partial charge in [0.25, 0.3) is 5.91 Å². The van der Waals surface area contributed by atoms with Crippen molar-refractivity contribution < 1.29 is 9.53 Å². The average Bonchev–Trinajstić information content (AvgIpc) is 3.15. The van der Waals surface area contributed by atoms with Crippen LogP contribution in [0.5, 0.6) is 5.75 Å². The number of nitrogens with one attached hydrogen (secondary N) is 1. The molecule has 1 amide bonds. The summed E-state index contributed by atoms with van der Waals surface area (Å²) in [6.45, 7) is 2.37. The quantitative estimate of drug-likeness (QED) is 0.786. The highest BCUT2D eigenvalue weighted by Gasteiger charge is 2.10. The number of carbonyl (C=O) groups is 1. The van der Waals surface area contributed by atoms with Gasteiger partial charge in [-0.25, -0.2) is 5.43 Å². The van der Waals surface area contributed by atoms with Gasteiger partial charge in [0.15, 0.2) is 0 Å². The Labute approximate surface area is 156 Å². The van der Waals surface area contributed by atoms with Crippen LogP contribution in [0.1, 0.15) is 27.9 Å². The van der Waals surface area contributed by atoms with Crippen molar-refractivity contribution in [3.63, 3.8) is 0 Å². The Morgan fingerprint density at radius 1 is 1.28 bits per heavy atom. The number of benzene rings is 2. The number of rotatable bonds is 5. The van der Waals surface area contributed by atoms with Crippen LogP contribution < -0.4 is 10.2 Å². The van der Waals surface area contributed by atoms with E-state index in [1.165, 1.54) is 0 Å². The van der Waals surface area contributed by atoms with Crippen LogP contribution in [0, 0.1) is 6.92 Å². The highest BCUT2D eigenvalue weighted by atomic mass is 35.5. The summed E-state index contributed by atoms with van der Waals surface area (Å²) in [6.07, 6.45) is 0.950. The highest BCUT2D eigenvalue weighted by molar-refractivity contribution is 8.00. The molecule has 2 aromatic rings. The van der Waals surface area contributed by atoms with Crippen LogP contribution in [-0.4, -0.2) is 23.1 Å². The van der Waals surface area contributed by atoms with Crippen LogP contribution in [0.4, 0.5) is 0 Å². The molecule has 3 rings (SSSR count). The first-order valence-electron chi connectivity index (χ1n) is 8.03. The predicted molar refractivity (Wildman–Crippen MR) is 104 cm³/mol. The van der Waals surface area contributed by atoms with Crippen LogP contribution in [0.25, 0.3) is 0 Å². The second-order valence-corrected chi connectivity index (χ2v) is 7.33. The molecule has 25 heavy (non-hydrogen) atoms. The van der Waals surface area contributed by atoms with Crippen molar-refractivity contribution in [3.05, 3.63) is 64.2 Å². The molecule has 0 spiro atoms. The van der Waals surface area contributed by atoms with Gasteiger partial charge >= 0.3 is 0 Å². The fourth-order valence-corrected chi connectivity index (χ4v) is 3.45. The van der Waals surface area contributed by atoms with Gasteiger partial charge in [0, 0.05) is 22.1 Å². The molecular weight excluding hydrogens is 356 g/mol. The van der Waals surface area contributed by atoms with E-state index in [9.17, 15) is 4.79 Å². The van der Waals surface area contributed by atoms with E-state index in [1.807, 2.05) is 49.0 Å². The maximum atomic E-state index is 12.1. The van der Waals surface area contributed by atoms with Gasteiger partial charge in [0.2, 0.25) is 0 Å². The summed E-state index contributed by atoms with van der Waals surface area (Å²) >= 11 is 7.84. The van der Waals surface area contributed by atoms with Gasteiger partial charge in [-0.15, -0.1) is 0 Å². The maximum Gasteiger partial charge on any atom is 0.271 e. The smallest absolute Gasteiger partial charge is 0.271 e. The summed E-state index contributed by atoms with van der Waals surface area (Å²) in [6, 6.07) is 12.9. The van der Waals surface area contributed by atoms with Crippen LogP contribution in [0.2, 0.25) is 5.02 Å². The van der Waals surface area contributed by atoms with Crippen molar-refractivity contribution in [1.29, 1.82) is 0 Å². The van der Waals surface area contributed by atoms with E-state index < -0.39 is 0 Å². The first kappa shape index (κ1) is 17.8. The summed E-state index contributed by atoms with van der Waals surface area (Å²) in [7, 11) is 0. The zero-order valence-corrected chi connectivity index (χ0v) is 15.5. The number of hydrogen-bond donors (Lipinski definition) is 1. The maximum absolute atomic E-state index is 12.1. The Hall–Kier alpha value is -1.98. The summed E-state index contributed by atoms with van der Waals surface area (Å²) in [5.41, 5.74) is 6.22. The van der Waals surface area contributed by atoms with E-state index in [2.05, 4.69) is 10.5 Å². The van der Waals surface area contributed by atoms with E-state index in [-0.39, 0.29) is 5.91 Å². The SMILES string of the molecule is Cc1cc(OCc2ccc(C(=O)N/N=C3\CCSC3)cc2)ccc1Cl. The largest absolute Gasteiger partial charge is 0.489 e. The molecule has 6 heteroatoms. The second kappa shape index (κ2) is 8.41. The number of hydrogen-bond acceptors (Lipinski definition) is 4. The molecule has 0 radical (unpaired) electrons. The Kier molecular flexibility index (Phi) is 6.00. The van der Waals surface area contributed by atoms with Crippen molar-refractivity contribution in [3.8, 4) is 5.75 Å². The number of amides is 1. The minimum atomic E-state index is -0.190. The van der Waals surface area contributed by atoms with Crippen molar-refractivity contribution >= 4 is 35.0 Å².